The third-order valence-electron chi connectivity index (χ3n) is 3.68. The average Bonchev–Trinajstić information content (AvgIpc) is 3.00. The van der Waals surface area contributed by atoms with Gasteiger partial charge in [0, 0.05) is 11.5 Å². The molecule has 1 heterocycles. The van der Waals surface area contributed by atoms with Crippen LogP contribution in [0.3, 0.4) is 0 Å². The summed E-state index contributed by atoms with van der Waals surface area (Å²) in [6.07, 6.45) is 1.73. The van der Waals surface area contributed by atoms with Gasteiger partial charge in [-0.1, -0.05) is 42.8 Å². The van der Waals surface area contributed by atoms with Crippen molar-refractivity contribution < 1.29 is 9.13 Å². The Hall–Kier alpha value is -2.91. The van der Waals surface area contributed by atoms with Crippen molar-refractivity contribution in [2.24, 2.45) is 16.0 Å². The van der Waals surface area contributed by atoms with Crippen molar-refractivity contribution >= 4 is 23.3 Å². The number of para-hydroxylation sites is 1. The van der Waals surface area contributed by atoms with E-state index in [1.807, 2.05) is 25.1 Å². The highest BCUT2D eigenvalue weighted by molar-refractivity contribution is 6.30. The SMILES string of the molecule is CC1CN(/C(=N\C#N)Oc2ccccc2)N=C1c1ccc(Cl)c(F)c1. The first kappa shape index (κ1) is 16.9. The largest absolute Gasteiger partial charge is 0.424 e. The second-order valence-electron chi connectivity index (χ2n) is 5.51. The Kier molecular flexibility index (Phi) is 4.96. The lowest BCUT2D eigenvalue weighted by atomic mass is 9.99. The van der Waals surface area contributed by atoms with Gasteiger partial charge in [-0.2, -0.15) is 10.4 Å². The van der Waals surface area contributed by atoms with Crippen molar-refractivity contribution in [3.05, 3.63) is 64.9 Å². The molecule has 0 N–H and O–H groups in total. The molecule has 0 aromatic heterocycles. The minimum atomic E-state index is -0.501. The van der Waals surface area contributed by atoms with Crippen LogP contribution in [0.25, 0.3) is 0 Å². The van der Waals surface area contributed by atoms with Gasteiger partial charge in [0.25, 0.3) is 0 Å². The van der Waals surface area contributed by atoms with Crippen molar-refractivity contribution in [2.75, 3.05) is 6.54 Å². The molecular weight excluding hydrogens is 343 g/mol. The molecule has 0 saturated heterocycles. The molecule has 7 heteroatoms. The smallest absolute Gasteiger partial charge is 0.329 e. The fraction of sp³-hybridized carbons (Fsp3) is 0.167. The molecule has 0 saturated carbocycles. The molecule has 0 fully saturated rings. The molecule has 2 aromatic rings. The van der Waals surface area contributed by atoms with Crippen molar-refractivity contribution in [3.63, 3.8) is 0 Å². The number of nitriles is 1. The highest BCUT2D eigenvalue weighted by Crippen LogP contribution is 2.24. The van der Waals surface area contributed by atoms with Gasteiger partial charge in [-0.15, -0.1) is 4.99 Å². The Bertz CT molecular complexity index is 876. The van der Waals surface area contributed by atoms with Crippen LogP contribution >= 0.6 is 11.6 Å². The Morgan fingerprint density at radius 2 is 2.12 bits per heavy atom. The number of rotatable bonds is 2. The van der Waals surface area contributed by atoms with Gasteiger partial charge in [-0.25, -0.2) is 9.40 Å². The number of ether oxygens (including phenoxy) is 1. The summed E-state index contributed by atoms with van der Waals surface area (Å²) in [5.74, 6) is 0.0492. The van der Waals surface area contributed by atoms with E-state index in [2.05, 4.69) is 10.1 Å². The number of hydrazone groups is 1. The van der Waals surface area contributed by atoms with E-state index in [1.54, 1.807) is 24.4 Å². The Morgan fingerprint density at radius 3 is 2.80 bits per heavy atom. The summed E-state index contributed by atoms with van der Waals surface area (Å²) in [4.78, 5) is 3.72. The zero-order valence-electron chi connectivity index (χ0n) is 13.4. The molecule has 25 heavy (non-hydrogen) atoms. The minimum absolute atomic E-state index is 0.00356. The van der Waals surface area contributed by atoms with Crippen LogP contribution in [0, 0.1) is 23.2 Å². The summed E-state index contributed by atoms with van der Waals surface area (Å²) in [5, 5.41) is 15.0. The molecule has 5 nitrogen and oxygen atoms in total. The zero-order valence-corrected chi connectivity index (χ0v) is 14.1. The highest BCUT2D eigenvalue weighted by Gasteiger charge is 2.28. The van der Waals surface area contributed by atoms with Crippen molar-refractivity contribution in [2.45, 2.75) is 6.92 Å². The summed E-state index contributed by atoms with van der Waals surface area (Å²) in [6, 6.07) is 13.6. The summed E-state index contributed by atoms with van der Waals surface area (Å²) in [6.45, 7) is 2.42. The van der Waals surface area contributed by atoms with E-state index < -0.39 is 5.82 Å². The van der Waals surface area contributed by atoms with Crippen LogP contribution in [0.15, 0.2) is 58.6 Å². The first-order valence-electron chi connectivity index (χ1n) is 7.59. The Labute approximate surface area is 149 Å². The summed E-state index contributed by atoms with van der Waals surface area (Å²) >= 11 is 5.73. The predicted molar refractivity (Wildman–Crippen MR) is 93.9 cm³/mol. The van der Waals surface area contributed by atoms with Gasteiger partial charge in [0.2, 0.25) is 6.19 Å². The van der Waals surface area contributed by atoms with Crippen molar-refractivity contribution in [1.82, 2.24) is 5.01 Å². The predicted octanol–water partition coefficient (Wildman–Crippen LogP) is 4.05. The lowest BCUT2D eigenvalue weighted by Gasteiger charge is -2.15. The number of hydrogen-bond acceptors (Lipinski definition) is 4. The van der Waals surface area contributed by atoms with E-state index in [4.69, 9.17) is 21.6 Å². The van der Waals surface area contributed by atoms with Gasteiger partial charge in [0.15, 0.2) is 0 Å². The lowest BCUT2D eigenvalue weighted by Crippen LogP contribution is -2.30. The number of aliphatic imine (C=N–C) groups is 1. The lowest BCUT2D eigenvalue weighted by molar-refractivity contribution is 0.361. The number of benzene rings is 2. The normalized spacial score (nSPS) is 17.2. The fourth-order valence-corrected chi connectivity index (χ4v) is 2.62. The maximum atomic E-state index is 13.7. The number of hydrogen-bond donors (Lipinski definition) is 0. The van der Waals surface area contributed by atoms with Gasteiger partial charge in [-0.05, 0) is 24.3 Å². The minimum Gasteiger partial charge on any atom is -0.424 e. The quantitative estimate of drug-likeness (QED) is 0.463. The molecule has 0 bridgehead atoms. The second kappa shape index (κ2) is 7.32. The fourth-order valence-electron chi connectivity index (χ4n) is 2.50. The number of amidine groups is 1. The molecule has 0 spiro atoms. The molecule has 1 atom stereocenters. The molecule has 0 aliphatic carbocycles. The molecule has 2 aromatic carbocycles. The Balaban J connectivity index is 1.88. The van der Waals surface area contributed by atoms with Crippen LogP contribution in [0.4, 0.5) is 4.39 Å². The van der Waals surface area contributed by atoms with Crippen LogP contribution < -0.4 is 4.74 Å². The molecule has 1 aliphatic heterocycles. The molecule has 0 radical (unpaired) electrons. The van der Waals surface area contributed by atoms with Gasteiger partial charge in [0.05, 0.1) is 17.3 Å². The topological polar surface area (TPSA) is 61.0 Å². The molecule has 1 unspecified atom stereocenters. The molecule has 126 valence electrons. The van der Waals surface area contributed by atoms with Gasteiger partial charge < -0.3 is 4.74 Å². The third-order valence-corrected chi connectivity index (χ3v) is 3.98. The Morgan fingerprint density at radius 1 is 1.36 bits per heavy atom. The zero-order chi connectivity index (χ0) is 17.8. The molecular formula is C18H14ClFN4O. The van der Waals surface area contributed by atoms with E-state index in [9.17, 15) is 4.39 Å². The number of halogens is 2. The standard InChI is InChI=1S/C18H14ClFN4O/c1-12-10-24(18(22-11-21)25-14-5-3-2-4-6-14)23-17(12)13-7-8-15(19)16(20)9-13/h2-9,12H,10H2,1H3/b22-18+. The van der Waals surface area contributed by atoms with Crippen LogP contribution in [0.1, 0.15) is 12.5 Å². The van der Waals surface area contributed by atoms with Crippen LogP contribution in [0.5, 0.6) is 5.75 Å². The first-order valence-corrected chi connectivity index (χ1v) is 7.97. The summed E-state index contributed by atoms with van der Waals surface area (Å²) in [7, 11) is 0. The van der Waals surface area contributed by atoms with Crippen LogP contribution in [-0.2, 0) is 0 Å². The second-order valence-corrected chi connectivity index (χ2v) is 5.91. The van der Waals surface area contributed by atoms with Gasteiger partial charge in [0.1, 0.15) is 11.6 Å². The molecule has 0 amide bonds. The maximum Gasteiger partial charge on any atom is 0.329 e. The van der Waals surface area contributed by atoms with Crippen molar-refractivity contribution in [1.29, 1.82) is 5.26 Å². The first-order chi connectivity index (χ1) is 12.1. The maximum absolute atomic E-state index is 13.7. The van der Waals surface area contributed by atoms with E-state index in [1.165, 1.54) is 17.1 Å². The summed E-state index contributed by atoms with van der Waals surface area (Å²) in [5.41, 5.74) is 1.31. The molecule has 3 rings (SSSR count). The van der Waals surface area contributed by atoms with Crippen LogP contribution in [-0.4, -0.2) is 23.3 Å². The van der Waals surface area contributed by atoms with Crippen LogP contribution in [0.2, 0.25) is 5.02 Å². The van der Waals surface area contributed by atoms with Gasteiger partial charge >= 0.3 is 6.02 Å². The monoisotopic (exact) mass is 356 g/mol. The third kappa shape index (κ3) is 3.78. The van der Waals surface area contributed by atoms with E-state index in [0.717, 1.165) is 0 Å². The van der Waals surface area contributed by atoms with Gasteiger partial charge in [-0.3, -0.25) is 0 Å². The molecule has 1 aliphatic rings. The van der Waals surface area contributed by atoms with E-state index in [0.29, 0.717) is 23.6 Å². The van der Waals surface area contributed by atoms with E-state index in [-0.39, 0.29) is 17.0 Å². The highest BCUT2D eigenvalue weighted by atomic mass is 35.5. The number of nitrogens with zero attached hydrogens (tertiary/aromatic N) is 4. The summed E-state index contributed by atoms with van der Waals surface area (Å²) < 4.78 is 19.4. The average molecular weight is 357 g/mol. The van der Waals surface area contributed by atoms with E-state index >= 15 is 0 Å². The van der Waals surface area contributed by atoms with Crippen molar-refractivity contribution in [3.8, 4) is 11.9 Å².